The molecule has 0 aliphatic heterocycles. The van der Waals surface area contributed by atoms with Crippen LogP contribution in [0.1, 0.15) is 6.92 Å². The summed E-state index contributed by atoms with van der Waals surface area (Å²) in [5.74, 6) is 0.752. The van der Waals surface area contributed by atoms with Crippen molar-refractivity contribution in [2.45, 2.75) is 6.92 Å². The summed E-state index contributed by atoms with van der Waals surface area (Å²) in [6, 6.07) is 16.8. The Morgan fingerprint density at radius 1 is 1.00 bits per heavy atom. The molecule has 2 aromatic carbocycles. The number of nitrogens with zero attached hydrogens (tertiary/aromatic N) is 1. The first kappa shape index (κ1) is 11.7. The summed E-state index contributed by atoms with van der Waals surface area (Å²) in [4.78, 5) is 4.68. The van der Waals surface area contributed by atoms with Crippen LogP contribution in [0.4, 0.5) is 0 Å². The third-order valence-electron chi connectivity index (χ3n) is 3.47. The summed E-state index contributed by atoms with van der Waals surface area (Å²) in [7, 11) is 0. The zero-order valence-electron chi connectivity index (χ0n) is 11.1. The van der Waals surface area contributed by atoms with E-state index in [-0.39, 0.29) is 0 Å². The highest BCUT2D eigenvalue weighted by Crippen LogP contribution is 2.41. The van der Waals surface area contributed by atoms with Crippen molar-refractivity contribution in [3.05, 3.63) is 48.5 Å². The van der Waals surface area contributed by atoms with Gasteiger partial charge in [0.2, 0.25) is 5.88 Å². The molecule has 0 spiro atoms. The standard InChI is InChI=1S/C17H13NOS/c1-2-19-17-16-15(11-7-3-5-9-13(11)18-17)12-8-4-6-10-14(12)20-16/h3-10H,2H2,1H3. The molecule has 0 aliphatic carbocycles. The van der Waals surface area contributed by atoms with Crippen LogP contribution in [-0.2, 0) is 0 Å². The number of thiophene rings is 1. The number of para-hydroxylation sites is 1. The minimum Gasteiger partial charge on any atom is -0.477 e. The molecule has 4 aromatic rings. The van der Waals surface area contributed by atoms with Crippen molar-refractivity contribution in [2.24, 2.45) is 0 Å². The molecule has 2 nitrogen and oxygen atoms in total. The average Bonchev–Trinajstić information content (AvgIpc) is 2.88. The second-order valence-electron chi connectivity index (χ2n) is 4.67. The monoisotopic (exact) mass is 279 g/mol. The summed E-state index contributed by atoms with van der Waals surface area (Å²) in [6.07, 6.45) is 0. The molecule has 2 aromatic heterocycles. The molecule has 0 N–H and O–H groups in total. The van der Waals surface area contributed by atoms with Gasteiger partial charge in [0.25, 0.3) is 0 Å². The number of rotatable bonds is 2. The van der Waals surface area contributed by atoms with Crippen LogP contribution in [-0.4, -0.2) is 11.6 Å². The van der Waals surface area contributed by atoms with Gasteiger partial charge in [-0.1, -0.05) is 36.4 Å². The van der Waals surface area contributed by atoms with Crippen LogP contribution in [0.2, 0.25) is 0 Å². The minimum atomic E-state index is 0.634. The Balaban J connectivity index is 2.27. The Hall–Kier alpha value is -2.13. The second kappa shape index (κ2) is 4.46. The predicted octanol–water partition coefficient (Wildman–Crippen LogP) is 5.00. The Morgan fingerprint density at radius 3 is 2.60 bits per heavy atom. The second-order valence-corrected chi connectivity index (χ2v) is 5.72. The molecule has 0 unspecified atom stereocenters. The first-order chi connectivity index (χ1) is 9.88. The summed E-state index contributed by atoms with van der Waals surface area (Å²) in [6.45, 7) is 2.63. The van der Waals surface area contributed by atoms with Crippen LogP contribution >= 0.6 is 11.3 Å². The quantitative estimate of drug-likeness (QED) is 0.515. The van der Waals surface area contributed by atoms with Crippen LogP contribution < -0.4 is 4.74 Å². The number of benzene rings is 2. The zero-order chi connectivity index (χ0) is 13.5. The molecule has 4 rings (SSSR count). The Bertz CT molecular complexity index is 926. The van der Waals surface area contributed by atoms with Crippen LogP contribution in [0.5, 0.6) is 5.88 Å². The largest absolute Gasteiger partial charge is 0.477 e. The molecular weight excluding hydrogens is 266 g/mol. The number of aromatic nitrogens is 1. The van der Waals surface area contributed by atoms with Crippen molar-refractivity contribution in [1.82, 2.24) is 4.98 Å². The van der Waals surface area contributed by atoms with Crippen molar-refractivity contribution < 1.29 is 4.74 Å². The fourth-order valence-electron chi connectivity index (χ4n) is 2.64. The van der Waals surface area contributed by atoms with Crippen molar-refractivity contribution in [3.8, 4) is 5.88 Å². The van der Waals surface area contributed by atoms with Crippen LogP contribution in [0, 0.1) is 0 Å². The molecule has 0 atom stereocenters. The molecule has 0 saturated heterocycles. The summed E-state index contributed by atoms with van der Waals surface area (Å²) >= 11 is 1.76. The molecule has 0 bridgehead atoms. The van der Waals surface area contributed by atoms with E-state index in [9.17, 15) is 0 Å². The van der Waals surface area contributed by atoms with Crippen molar-refractivity contribution in [2.75, 3.05) is 6.61 Å². The minimum absolute atomic E-state index is 0.634. The van der Waals surface area contributed by atoms with Gasteiger partial charge >= 0.3 is 0 Å². The zero-order valence-corrected chi connectivity index (χ0v) is 11.9. The van der Waals surface area contributed by atoms with Gasteiger partial charge in [0.05, 0.1) is 16.8 Å². The third kappa shape index (κ3) is 1.60. The van der Waals surface area contributed by atoms with Gasteiger partial charge in [-0.15, -0.1) is 11.3 Å². The molecule has 0 amide bonds. The highest BCUT2D eigenvalue weighted by molar-refractivity contribution is 7.26. The topological polar surface area (TPSA) is 22.1 Å². The molecule has 0 saturated carbocycles. The molecule has 0 radical (unpaired) electrons. The lowest BCUT2D eigenvalue weighted by Gasteiger charge is -2.06. The lowest BCUT2D eigenvalue weighted by molar-refractivity contribution is 0.333. The van der Waals surface area contributed by atoms with Crippen molar-refractivity contribution >= 4 is 42.4 Å². The van der Waals surface area contributed by atoms with E-state index in [4.69, 9.17) is 4.74 Å². The SMILES string of the molecule is CCOc1nc2ccccc2c2c1sc1ccccc12. The summed E-state index contributed by atoms with van der Waals surface area (Å²) in [5.41, 5.74) is 0.993. The number of fused-ring (bicyclic) bond motifs is 5. The van der Waals surface area contributed by atoms with Crippen LogP contribution in [0.3, 0.4) is 0 Å². The molecule has 0 aliphatic rings. The van der Waals surface area contributed by atoms with Gasteiger partial charge in [0.15, 0.2) is 0 Å². The normalized spacial score (nSPS) is 11.4. The maximum Gasteiger partial charge on any atom is 0.232 e. The highest BCUT2D eigenvalue weighted by atomic mass is 32.1. The Kier molecular flexibility index (Phi) is 2.60. The van der Waals surface area contributed by atoms with E-state index in [0.717, 1.165) is 16.1 Å². The lowest BCUT2D eigenvalue weighted by atomic mass is 10.1. The van der Waals surface area contributed by atoms with Crippen LogP contribution in [0.25, 0.3) is 31.1 Å². The van der Waals surface area contributed by atoms with Crippen molar-refractivity contribution in [1.29, 1.82) is 0 Å². The van der Waals surface area contributed by atoms with E-state index < -0.39 is 0 Å². The van der Waals surface area contributed by atoms with Gasteiger partial charge in [0, 0.05) is 20.9 Å². The number of hydrogen-bond acceptors (Lipinski definition) is 3. The fourth-order valence-corrected chi connectivity index (χ4v) is 3.80. The average molecular weight is 279 g/mol. The summed E-state index contributed by atoms with van der Waals surface area (Å²) in [5, 5.41) is 3.75. The fraction of sp³-hybridized carbons (Fsp3) is 0.118. The summed E-state index contributed by atoms with van der Waals surface area (Å²) < 4.78 is 8.18. The van der Waals surface area contributed by atoms with E-state index in [2.05, 4.69) is 41.4 Å². The van der Waals surface area contributed by atoms with Crippen LogP contribution in [0.15, 0.2) is 48.5 Å². The first-order valence-electron chi connectivity index (χ1n) is 6.71. The lowest BCUT2D eigenvalue weighted by Crippen LogP contribution is -1.94. The van der Waals surface area contributed by atoms with Gasteiger partial charge in [0.1, 0.15) is 0 Å². The molecule has 2 heterocycles. The molecular formula is C17H13NOS. The van der Waals surface area contributed by atoms with E-state index >= 15 is 0 Å². The van der Waals surface area contributed by atoms with E-state index in [1.54, 1.807) is 11.3 Å². The maximum atomic E-state index is 5.76. The molecule has 3 heteroatoms. The maximum absolute atomic E-state index is 5.76. The third-order valence-corrected chi connectivity index (χ3v) is 4.62. The smallest absolute Gasteiger partial charge is 0.232 e. The number of hydrogen-bond donors (Lipinski definition) is 0. The van der Waals surface area contributed by atoms with E-state index in [1.165, 1.54) is 20.9 Å². The van der Waals surface area contributed by atoms with Gasteiger partial charge < -0.3 is 4.74 Å². The highest BCUT2D eigenvalue weighted by Gasteiger charge is 2.14. The predicted molar refractivity (Wildman–Crippen MR) is 85.8 cm³/mol. The van der Waals surface area contributed by atoms with Crippen molar-refractivity contribution in [3.63, 3.8) is 0 Å². The molecule has 0 fully saturated rings. The Morgan fingerprint density at radius 2 is 1.75 bits per heavy atom. The number of pyridine rings is 1. The van der Waals surface area contributed by atoms with Gasteiger partial charge in [-0.05, 0) is 19.1 Å². The van der Waals surface area contributed by atoms with Gasteiger partial charge in [-0.25, -0.2) is 4.98 Å². The van der Waals surface area contributed by atoms with E-state index in [0.29, 0.717) is 6.61 Å². The molecule has 20 heavy (non-hydrogen) atoms. The van der Waals surface area contributed by atoms with Gasteiger partial charge in [-0.2, -0.15) is 0 Å². The first-order valence-corrected chi connectivity index (χ1v) is 7.53. The van der Waals surface area contributed by atoms with E-state index in [1.807, 2.05) is 19.1 Å². The number of ether oxygens (including phenoxy) is 1. The van der Waals surface area contributed by atoms with Gasteiger partial charge in [-0.3, -0.25) is 0 Å². The molecule has 98 valence electrons. The Labute approximate surface area is 120 Å².